The van der Waals surface area contributed by atoms with Gasteiger partial charge in [-0.2, -0.15) is 4.99 Å². The van der Waals surface area contributed by atoms with Crippen molar-refractivity contribution in [3.63, 3.8) is 0 Å². The van der Waals surface area contributed by atoms with Crippen molar-refractivity contribution in [2.45, 2.75) is 13.3 Å². The third-order valence-electron chi connectivity index (χ3n) is 3.38. The molecule has 1 amide bonds. The van der Waals surface area contributed by atoms with Crippen molar-refractivity contribution < 1.29 is 9.59 Å². The predicted molar refractivity (Wildman–Crippen MR) is 78.3 cm³/mol. The van der Waals surface area contributed by atoms with Gasteiger partial charge in [0.25, 0.3) is 0 Å². The first kappa shape index (κ1) is 14.6. The first-order chi connectivity index (χ1) is 9.65. The fraction of sp³-hybridized carbons (Fsp3) is 0.429. The Kier molecular flexibility index (Phi) is 4.77. The molecule has 1 saturated heterocycles. The third-order valence-corrected chi connectivity index (χ3v) is 3.68. The average Bonchev–Trinajstić information content (AvgIpc) is 2.47. The quantitative estimate of drug-likeness (QED) is 0.635. The number of hydrogen-bond donors (Lipinski definition) is 0. The Morgan fingerprint density at radius 2 is 2.05 bits per heavy atom. The molecule has 5 nitrogen and oxygen atoms in total. The maximum absolute atomic E-state index is 11.6. The molecule has 2 rings (SSSR count). The summed E-state index contributed by atoms with van der Waals surface area (Å²) >= 11 is 6.21. The summed E-state index contributed by atoms with van der Waals surface area (Å²) in [6.07, 6.45) is 2.03. The summed E-state index contributed by atoms with van der Waals surface area (Å²) < 4.78 is 0. The van der Waals surface area contributed by atoms with E-state index in [4.69, 9.17) is 11.6 Å². The van der Waals surface area contributed by atoms with Gasteiger partial charge in [-0.25, -0.2) is 4.79 Å². The van der Waals surface area contributed by atoms with E-state index in [1.54, 1.807) is 12.1 Å². The maximum atomic E-state index is 11.6. The molecule has 1 fully saturated rings. The van der Waals surface area contributed by atoms with E-state index in [0.29, 0.717) is 30.2 Å². The monoisotopic (exact) mass is 293 g/mol. The van der Waals surface area contributed by atoms with Gasteiger partial charge in [0.2, 0.25) is 12.0 Å². The van der Waals surface area contributed by atoms with E-state index in [1.165, 1.54) is 6.08 Å². The zero-order valence-corrected chi connectivity index (χ0v) is 12.1. The van der Waals surface area contributed by atoms with Crippen molar-refractivity contribution in [1.82, 2.24) is 4.90 Å². The summed E-state index contributed by atoms with van der Waals surface area (Å²) in [6, 6.07) is 5.22. The minimum atomic E-state index is 0.186. The molecular formula is C14H16ClN3O2. The van der Waals surface area contributed by atoms with Crippen LogP contribution in [0.2, 0.25) is 5.02 Å². The standard InChI is InChI=1S/C14H16ClN3O2/c1-2-14(20)18-7-5-17(6-8-18)13-4-3-11(16-10-19)9-12(13)15/h3-4,9H,2,5-8H2,1H3. The van der Waals surface area contributed by atoms with Crippen molar-refractivity contribution in [3.8, 4) is 0 Å². The summed E-state index contributed by atoms with van der Waals surface area (Å²) in [5.41, 5.74) is 1.40. The van der Waals surface area contributed by atoms with Crippen LogP contribution in [0.1, 0.15) is 13.3 Å². The number of benzene rings is 1. The molecule has 0 spiro atoms. The Hall–Kier alpha value is -1.84. The van der Waals surface area contributed by atoms with Crippen LogP contribution in [0, 0.1) is 0 Å². The van der Waals surface area contributed by atoms with Crippen molar-refractivity contribution >= 4 is 35.0 Å². The lowest BCUT2D eigenvalue weighted by molar-refractivity contribution is -0.131. The molecule has 0 aliphatic carbocycles. The van der Waals surface area contributed by atoms with E-state index in [0.717, 1.165) is 18.8 Å². The van der Waals surface area contributed by atoms with Crippen molar-refractivity contribution in [2.24, 2.45) is 4.99 Å². The molecule has 1 aromatic rings. The van der Waals surface area contributed by atoms with Crippen LogP contribution in [0.4, 0.5) is 11.4 Å². The van der Waals surface area contributed by atoms with Crippen LogP contribution in [0.15, 0.2) is 23.2 Å². The summed E-state index contributed by atoms with van der Waals surface area (Å²) in [5, 5.41) is 0.553. The summed E-state index contributed by atoms with van der Waals surface area (Å²) in [5.74, 6) is 0.186. The Balaban J connectivity index is 2.07. The Morgan fingerprint density at radius 3 is 2.60 bits per heavy atom. The number of aliphatic imine (C=N–C) groups is 1. The molecule has 0 aromatic heterocycles. The number of hydrogen-bond acceptors (Lipinski definition) is 4. The number of halogens is 1. The second-order valence-corrected chi connectivity index (χ2v) is 4.97. The molecule has 6 heteroatoms. The number of carbonyl (C=O) groups is 1. The summed E-state index contributed by atoms with van der Waals surface area (Å²) in [4.78, 5) is 29.4. The molecular weight excluding hydrogens is 278 g/mol. The molecule has 0 N–H and O–H groups in total. The zero-order chi connectivity index (χ0) is 14.5. The van der Waals surface area contributed by atoms with Crippen molar-refractivity contribution in [2.75, 3.05) is 31.1 Å². The Labute approximate surface area is 122 Å². The molecule has 0 radical (unpaired) electrons. The van der Waals surface area contributed by atoms with Gasteiger partial charge >= 0.3 is 0 Å². The van der Waals surface area contributed by atoms with Gasteiger partial charge < -0.3 is 9.80 Å². The normalized spacial score (nSPS) is 14.9. The second-order valence-electron chi connectivity index (χ2n) is 4.56. The lowest BCUT2D eigenvalue weighted by Gasteiger charge is -2.36. The zero-order valence-electron chi connectivity index (χ0n) is 11.3. The van der Waals surface area contributed by atoms with Crippen LogP contribution in [0.3, 0.4) is 0 Å². The molecule has 1 aromatic carbocycles. The SMILES string of the molecule is CCC(=O)N1CCN(c2ccc(N=C=O)cc2Cl)CC1. The number of rotatable bonds is 3. The van der Waals surface area contributed by atoms with Crippen molar-refractivity contribution in [1.29, 1.82) is 0 Å². The second kappa shape index (κ2) is 6.55. The molecule has 1 aliphatic rings. The van der Waals surface area contributed by atoms with Gasteiger partial charge in [0.1, 0.15) is 0 Å². The van der Waals surface area contributed by atoms with E-state index in [9.17, 15) is 9.59 Å². The van der Waals surface area contributed by atoms with E-state index < -0.39 is 0 Å². The van der Waals surface area contributed by atoms with Crippen LogP contribution >= 0.6 is 11.6 Å². The number of piperazine rings is 1. The number of carbonyl (C=O) groups excluding carboxylic acids is 2. The minimum Gasteiger partial charge on any atom is -0.367 e. The van der Waals surface area contributed by atoms with Gasteiger partial charge in [0, 0.05) is 32.6 Å². The largest absolute Gasteiger partial charge is 0.367 e. The highest BCUT2D eigenvalue weighted by Gasteiger charge is 2.21. The maximum Gasteiger partial charge on any atom is 0.240 e. The fourth-order valence-corrected chi connectivity index (χ4v) is 2.59. The topological polar surface area (TPSA) is 53.0 Å². The molecule has 0 saturated carbocycles. The van der Waals surface area contributed by atoms with Crippen LogP contribution < -0.4 is 4.90 Å². The lowest BCUT2D eigenvalue weighted by atomic mass is 10.2. The summed E-state index contributed by atoms with van der Waals surface area (Å²) in [6.45, 7) is 4.79. The first-order valence-corrected chi connectivity index (χ1v) is 6.93. The highest BCUT2D eigenvalue weighted by Crippen LogP contribution is 2.30. The van der Waals surface area contributed by atoms with Gasteiger partial charge in [-0.15, -0.1) is 0 Å². The number of amides is 1. The lowest BCUT2D eigenvalue weighted by Crippen LogP contribution is -2.48. The molecule has 1 aliphatic heterocycles. The first-order valence-electron chi connectivity index (χ1n) is 6.56. The fourth-order valence-electron chi connectivity index (χ4n) is 2.29. The van der Waals surface area contributed by atoms with Crippen molar-refractivity contribution in [3.05, 3.63) is 23.2 Å². The molecule has 0 unspecified atom stereocenters. The van der Waals surface area contributed by atoms with Gasteiger partial charge in [-0.05, 0) is 18.2 Å². The Bertz CT molecular complexity index is 547. The summed E-state index contributed by atoms with van der Waals surface area (Å²) in [7, 11) is 0. The van der Waals surface area contributed by atoms with Crippen LogP contribution in [-0.4, -0.2) is 43.1 Å². The average molecular weight is 294 g/mol. The molecule has 1 heterocycles. The van der Waals surface area contributed by atoms with Gasteiger partial charge in [0.15, 0.2) is 0 Å². The number of isocyanates is 1. The number of nitrogens with zero attached hydrogens (tertiary/aromatic N) is 3. The highest BCUT2D eigenvalue weighted by molar-refractivity contribution is 6.33. The van der Waals surface area contributed by atoms with E-state index >= 15 is 0 Å². The van der Waals surface area contributed by atoms with E-state index in [1.807, 2.05) is 17.9 Å². The van der Waals surface area contributed by atoms with Gasteiger partial charge in [0.05, 0.1) is 16.4 Å². The van der Waals surface area contributed by atoms with Crippen LogP contribution in [0.5, 0.6) is 0 Å². The minimum absolute atomic E-state index is 0.186. The van der Waals surface area contributed by atoms with E-state index in [-0.39, 0.29) is 5.91 Å². The van der Waals surface area contributed by atoms with Gasteiger partial charge in [-0.1, -0.05) is 18.5 Å². The predicted octanol–water partition coefficient (Wildman–Crippen LogP) is 2.37. The Morgan fingerprint density at radius 1 is 1.35 bits per heavy atom. The van der Waals surface area contributed by atoms with Crippen LogP contribution in [0.25, 0.3) is 0 Å². The molecule has 106 valence electrons. The smallest absolute Gasteiger partial charge is 0.240 e. The van der Waals surface area contributed by atoms with Gasteiger partial charge in [-0.3, -0.25) is 4.79 Å². The number of anilines is 1. The molecule has 20 heavy (non-hydrogen) atoms. The van der Waals surface area contributed by atoms with Crippen LogP contribution in [-0.2, 0) is 9.59 Å². The third kappa shape index (κ3) is 3.18. The van der Waals surface area contributed by atoms with E-state index in [2.05, 4.69) is 9.89 Å². The molecule has 0 bridgehead atoms. The highest BCUT2D eigenvalue weighted by atomic mass is 35.5. The molecule has 0 atom stereocenters.